The number of hydrogen-bond donors (Lipinski definition) is 0. The van der Waals surface area contributed by atoms with E-state index in [9.17, 15) is 17.6 Å². The van der Waals surface area contributed by atoms with Gasteiger partial charge >= 0.3 is 12.2 Å². The van der Waals surface area contributed by atoms with Crippen molar-refractivity contribution in [3.63, 3.8) is 0 Å². The number of halogens is 4. The normalized spacial score (nSPS) is 11.4. The zero-order valence-electron chi connectivity index (χ0n) is 9.70. The summed E-state index contributed by atoms with van der Waals surface area (Å²) in [6.07, 6.45) is -4.59. The van der Waals surface area contributed by atoms with Gasteiger partial charge in [0.2, 0.25) is 0 Å². The fourth-order valence-electron chi connectivity index (χ4n) is 1.37. The van der Waals surface area contributed by atoms with Crippen molar-refractivity contribution in [1.29, 1.82) is 0 Å². The molecular weight excluding hydrogens is 264 g/mol. The van der Waals surface area contributed by atoms with Crippen molar-refractivity contribution in [2.24, 2.45) is 0 Å². The Morgan fingerprint density at radius 1 is 1.11 bits per heavy atom. The summed E-state index contributed by atoms with van der Waals surface area (Å²) < 4.78 is 55.6. The number of alkyl halides is 3. The van der Waals surface area contributed by atoms with E-state index in [0.717, 1.165) is 12.1 Å². The second kappa shape index (κ2) is 4.83. The Hall–Kier alpha value is -2.18. The topological polar surface area (TPSA) is 35.0 Å². The maximum atomic E-state index is 12.9. The van der Waals surface area contributed by atoms with Gasteiger partial charge in [0, 0.05) is 11.8 Å². The Kier molecular flexibility index (Phi) is 3.37. The number of ether oxygens (including phenoxy) is 1. The van der Waals surface area contributed by atoms with Crippen LogP contribution < -0.4 is 4.74 Å². The molecule has 7 heteroatoms. The Morgan fingerprint density at radius 2 is 1.84 bits per heavy atom. The molecule has 0 amide bonds. The average Bonchev–Trinajstić information content (AvgIpc) is 2.26. The van der Waals surface area contributed by atoms with Crippen molar-refractivity contribution in [3.05, 3.63) is 47.5 Å². The van der Waals surface area contributed by atoms with Crippen LogP contribution in [0.25, 0.3) is 0 Å². The second-order valence-corrected chi connectivity index (χ2v) is 3.73. The maximum absolute atomic E-state index is 12.9. The molecule has 2 rings (SSSR count). The van der Waals surface area contributed by atoms with E-state index in [2.05, 4.69) is 9.97 Å². The van der Waals surface area contributed by atoms with E-state index in [1.54, 1.807) is 0 Å². The van der Waals surface area contributed by atoms with E-state index >= 15 is 0 Å². The van der Waals surface area contributed by atoms with E-state index in [0.29, 0.717) is 0 Å². The predicted octanol–water partition coefficient (Wildman–Crippen LogP) is 3.74. The first-order chi connectivity index (χ1) is 8.84. The minimum absolute atomic E-state index is 0.0266. The quantitative estimate of drug-likeness (QED) is 0.781. The average molecular weight is 272 g/mol. The van der Waals surface area contributed by atoms with E-state index in [1.165, 1.54) is 25.1 Å². The van der Waals surface area contributed by atoms with Gasteiger partial charge in [-0.2, -0.15) is 18.2 Å². The molecule has 1 heterocycles. The van der Waals surface area contributed by atoms with E-state index in [-0.39, 0.29) is 11.4 Å². The molecule has 1 aromatic heterocycles. The van der Waals surface area contributed by atoms with Gasteiger partial charge in [-0.3, -0.25) is 0 Å². The summed E-state index contributed by atoms with van der Waals surface area (Å²) in [7, 11) is 0. The summed E-state index contributed by atoms with van der Waals surface area (Å²) in [4.78, 5) is 6.97. The Bertz CT molecular complexity index is 599. The van der Waals surface area contributed by atoms with Crippen LogP contribution >= 0.6 is 0 Å². The summed E-state index contributed by atoms with van der Waals surface area (Å²) in [5.74, 6) is -0.542. The molecule has 0 saturated heterocycles. The van der Waals surface area contributed by atoms with Gasteiger partial charge in [-0.1, -0.05) is 6.07 Å². The van der Waals surface area contributed by atoms with Gasteiger partial charge in [-0.05, 0) is 25.1 Å². The van der Waals surface area contributed by atoms with Crippen molar-refractivity contribution in [1.82, 2.24) is 9.97 Å². The molecule has 1 aromatic carbocycles. The highest BCUT2D eigenvalue weighted by Crippen LogP contribution is 2.29. The smallest absolute Gasteiger partial charge is 0.424 e. The van der Waals surface area contributed by atoms with Crippen LogP contribution in [-0.4, -0.2) is 9.97 Å². The van der Waals surface area contributed by atoms with Crippen LogP contribution in [0.3, 0.4) is 0 Å². The fraction of sp³-hybridized carbons (Fsp3) is 0.167. The molecule has 19 heavy (non-hydrogen) atoms. The lowest BCUT2D eigenvalue weighted by Crippen LogP contribution is -2.10. The summed E-state index contributed by atoms with van der Waals surface area (Å²) in [6.45, 7) is 1.38. The van der Waals surface area contributed by atoms with Crippen LogP contribution in [-0.2, 0) is 6.18 Å². The van der Waals surface area contributed by atoms with Crippen LogP contribution in [0.15, 0.2) is 30.3 Å². The van der Waals surface area contributed by atoms with Crippen molar-refractivity contribution in [3.8, 4) is 11.8 Å². The lowest BCUT2D eigenvalue weighted by molar-refractivity contribution is -0.141. The van der Waals surface area contributed by atoms with Crippen molar-refractivity contribution >= 4 is 0 Å². The molecule has 2 aromatic rings. The lowest BCUT2D eigenvalue weighted by atomic mass is 10.3. The molecule has 0 spiro atoms. The van der Waals surface area contributed by atoms with Gasteiger partial charge in [0.1, 0.15) is 11.6 Å². The number of hydrogen-bond acceptors (Lipinski definition) is 3. The fourth-order valence-corrected chi connectivity index (χ4v) is 1.37. The molecule has 3 nitrogen and oxygen atoms in total. The first-order valence-electron chi connectivity index (χ1n) is 5.21. The summed E-state index contributed by atoms with van der Waals surface area (Å²) in [5.41, 5.74) is -1.000. The Morgan fingerprint density at radius 3 is 2.47 bits per heavy atom. The van der Waals surface area contributed by atoms with Crippen LogP contribution in [0.2, 0.25) is 0 Å². The summed E-state index contributed by atoms with van der Waals surface area (Å²) >= 11 is 0. The van der Waals surface area contributed by atoms with E-state index in [4.69, 9.17) is 4.74 Å². The standard InChI is InChI=1S/C12H8F4N2O/c1-7-5-10(12(14,15)16)18-11(17-7)19-9-4-2-3-8(13)6-9/h2-6H,1H3. The third-order valence-electron chi connectivity index (χ3n) is 2.13. The molecule has 0 aliphatic heterocycles. The molecule has 0 aliphatic carbocycles. The second-order valence-electron chi connectivity index (χ2n) is 3.73. The Balaban J connectivity index is 2.33. The van der Waals surface area contributed by atoms with E-state index < -0.39 is 23.7 Å². The van der Waals surface area contributed by atoms with Crippen molar-refractivity contribution in [2.75, 3.05) is 0 Å². The first kappa shape index (κ1) is 13.3. The first-order valence-corrected chi connectivity index (χ1v) is 5.21. The predicted molar refractivity (Wildman–Crippen MR) is 58.2 cm³/mol. The minimum Gasteiger partial charge on any atom is -0.424 e. The number of aromatic nitrogens is 2. The molecule has 100 valence electrons. The zero-order chi connectivity index (χ0) is 14.0. The van der Waals surface area contributed by atoms with Gasteiger partial charge < -0.3 is 4.74 Å². The highest BCUT2D eigenvalue weighted by atomic mass is 19.4. The molecule has 0 aliphatic rings. The number of benzene rings is 1. The van der Waals surface area contributed by atoms with Gasteiger partial charge in [-0.25, -0.2) is 9.37 Å². The summed E-state index contributed by atoms with van der Waals surface area (Å²) in [6, 6.07) is 5.30. The summed E-state index contributed by atoms with van der Waals surface area (Å²) in [5, 5.41) is 0. The molecule has 0 saturated carbocycles. The molecule has 0 unspecified atom stereocenters. The molecule has 0 N–H and O–H groups in total. The lowest BCUT2D eigenvalue weighted by Gasteiger charge is -2.09. The van der Waals surface area contributed by atoms with Crippen LogP contribution in [0, 0.1) is 12.7 Å². The highest BCUT2D eigenvalue weighted by molar-refractivity contribution is 5.26. The monoisotopic (exact) mass is 272 g/mol. The van der Waals surface area contributed by atoms with Gasteiger partial charge in [0.15, 0.2) is 5.69 Å². The Labute approximate surface area is 105 Å². The van der Waals surface area contributed by atoms with Gasteiger partial charge in [-0.15, -0.1) is 0 Å². The highest BCUT2D eigenvalue weighted by Gasteiger charge is 2.33. The molecule has 0 bridgehead atoms. The maximum Gasteiger partial charge on any atom is 0.433 e. The molecule has 0 fully saturated rings. The van der Waals surface area contributed by atoms with Crippen LogP contribution in [0.4, 0.5) is 17.6 Å². The number of aryl methyl sites for hydroxylation is 1. The largest absolute Gasteiger partial charge is 0.433 e. The number of nitrogens with zero attached hydrogens (tertiary/aromatic N) is 2. The molecule has 0 radical (unpaired) electrons. The van der Waals surface area contributed by atoms with E-state index in [1.807, 2.05) is 0 Å². The van der Waals surface area contributed by atoms with Crippen LogP contribution in [0.1, 0.15) is 11.4 Å². The third-order valence-corrected chi connectivity index (χ3v) is 2.13. The minimum atomic E-state index is -4.59. The zero-order valence-corrected chi connectivity index (χ0v) is 9.70. The van der Waals surface area contributed by atoms with Crippen LogP contribution in [0.5, 0.6) is 11.8 Å². The molecule has 0 atom stereocenters. The number of rotatable bonds is 2. The van der Waals surface area contributed by atoms with Crippen molar-refractivity contribution < 1.29 is 22.3 Å². The van der Waals surface area contributed by atoms with Gasteiger partial charge in [0.25, 0.3) is 0 Å². The van der Waals surface area contributed by atoms with Crippen molar-refractivity contribution in [2.45, 2.75) is 13.1 Å². The molecular formula is C12H8F4N2O. The van der Waals surface area contributed by atoms with Gasteiger partial charge in [0.05, 0.1) is 0 Å². The third kappa shape index (κ3) is 3.40. The SMILES string of the molecule is Cc1cc(C(F)(F)F)nc(Oc2cccc(F)c2)n1.